The number of rotatable bonds is 0. The zero-order valence-corrected chi connectivity index (χ0v) is 6.95. The minimum Gasteiger partial charge on any atom is -0.391 e. The van der Waals surface area contributed by atoms with Crippen molar-refractivity contribution in [1.29, 1.82) is 0 Å². The zero-order chi connectivity index (χ0) is 8.43. The van der Waals surface area contributed by atoms with Crippen LogP contribution >= 0.6 is 0 Å². The normalized spacial score (nSPS) is 23.9. The van der Waals surface area contributed by atoms with Crippen LogP contribution in [-0.4, -0.2) is 54.2 Å². The van der Waals surface area contributed by atoms with Gasteiger partial charge in [0.2, 0.25) is 0 Å². The molecule has 0 aromatic heterocycles. The van der Waals surface area contributed by atoms with Gasteiger partial charge in [-0.3, -0.25) is 0 Å². The van der Waals surface area contributed by atoms with Gasteiger partial charge in [0, 0.05) is 27.2 Å². The number of β-amino-alcohol motifs (C(OH)–C–C–N with tert-alkyl or cyclic N) is 1. The molecule has 2 amide bonds. The van der Waals surface area contributed by atoms with Gasteiger partial charge in [0.25, 0.3) is 0 Å². The number of carbonyl (C=O) groups is 1. The first-order valence-corrected chi connectivity index (χ1v) is 3.75. The Kier molecular flexibility index (Phi) is 2.34. The van der Waals surface area contributed by atoms with Crippen molar-refractivity contribution in [3.8, 4) is 0 Å². The Balaban J connectivity index is 2.43. The molecule has 1 aliphatic rings. The third-order valence-corrected chi connectivity index (χ3v) is 1.82. The summed E-state index contributed by atoms with van der Waals surface area (Å²) in [7, 11) is 3.43. The summed E-state index contributed by atoms with van der Waals surface area (Å²) < 4.78 is 0. The van der Waals surface area contributed by atoms with Crippen molar-refractivity contribution < 1.29 is 9.90 Å². The van der Waals surface area contributed by atoms with Gasteiger partial charge in [-0.05, 0) is 6.42 Å². The number of likely N-dealkylation sites (tertiary alicyclic amines) is 1. The van der Waals surface area contributed by atoms with Crippen molar-refractivity contribution in [2.45, 2.75) is 12.5 Å². The summed E-state index contributed by atoms with van der Waals surface area (Å²) in [4.78, 5) is 14.4. The number of aliphatic hydroxyl groups excluding tert-OH is 1. The highest BCUT2D eigenvalue weighted by Gasteiger charge is 2.25. The first-order chi connectivity index (χ1) is 5.11. The van der Waals surface area contributed by atoms with Gasteiger partial charge in [0.05, 0.1) is 6.10 Å². The van der Waals surface area contributed by atoms with Crippen LogP contribution in [-0.2, 0) is 0 Å². The summed E-state index contributed by atoms with van der Waals surface area (Å²) in [5.74, 6) is 0. The van der Waals surface area contributed by atoms with Gasteiger partial charge in [-0.25, -0.2) is 4.79 Å². The second-order valence-corrected chi connectivity index (χ2v) is 3.07. The summed E-state index contributed by atoms with van der Waals surface area (Å²) in [6.07, 6.45) is 0.387. The molecule has 1 rings (SSSR count). The summed E-state index contributed by atoms with van der Waals surface area (Å²) in [5, 5.41) is 9.12. The predicted molar refractivity (Wildman–Crippen MR) is 41.3 cm³/mol. The smallest absolute Gasteiger partial charge is 0.319 e. The molecule has 0 saturated carbocycles. The molecule has 0 aromatic carbocycles. The fourth-order valence-electron chi connectivity index (χ4n) is 1.20. The van der Waals surface area contributed by atoms with Crippen LogP contribution in [0.5, 0.6) is 0 Å². The molecule has 1 aliphatic heterocycles. The maximum Gasteiger partial charge on any atom is 0.319 e. The summed E-state index contributed by atoms with van der Waals surface area (Å²) in [6.45, 7) is 1.16. The Morgan fingerprint density at radius 1 is 1.64 bits per heavy atom. The third-order valence-electron chi connectivity index (χ3n) is 1.82. The monoisotopic (exact) mass is 158 g/mol. The van der Waals surface area contributed by atoms with Crippen molar-refractivity contribution in [1.82, 2.24) is 9.80 Å². The highest BCUT2D eigenvalue weighted by atomic mass is 16.3. The molecule has 1 N–H and O–H groups in total. The van der Waals surface area contributed by atoms with Gasteiger partial charge in [-0.2, -0.15) is 0 Å². The average Bonchev–Trinajstić information content (AvgIpc) is 2.34. The van der Waals surface area contributed by atoms with E-state index in [9.17, 15) is 4.79 Å². The lowest BCUT2D eigenvalue weighted by Crippen LogP contribution is -2.37. The maximum absolute atomic E-state index is 11.2. The first kappa shape index (κ1) is 8.33. The van der Waals surface area contributed by atoms with Gasteiger partial charge in [0.15, 0.2) is 0 Å². The van der Waals surface area contributed by atoms with E-state index in [2.05, 4.69) is 0 Å². The lowest BCUT2D eigenvalue weighted by atomic mass is 10.3. The second kappa shape index (κ2) is 3.09. The van der Waals surface area contributed by atoms with Crippen LogP contribution in [0.3, 0.4) is 0 Å². The Morgan fingerprint density at radius 3 is 2.64 bits per heavy atom. The number of hydrogen-bond donors (Lipinski definition) is 1. The molecule has 4 nitrogen and oxygen atoms in total. The van der Waals surface area contributed by atoms with Crippen molar-refractivity contribution in [2.75, 3.05) is 27.2 Å². The maximum atomic E-state index is 11.2. The van der Waals surface area contributed by atoms with E-state index in [0.717, 1.165) is 0 Å². The largest absolute Gasteiger partial charge is 0.391 e. The molecule has 11 heavy (non-hydrogen) atoms. The van der Waals surface area contributed by atoms with E-state index < -0.39 is 0 Å². The van der Waals surface area contributed by atoms with Crippen LogP contribution in [0, 0.1) is 0 Å². The highest BCUT2D eigenvalue weighted by Crippen LogP contribution is 2.09. The van der Waals surface area contributed by atoms with Crippen molar-refractivity contribution >= 4 is 6.03 Å². The topological polar surface area (TPSA) is 43.8 Å². The molecular weight excluding hydrogens is 144 g/mol. The second-order valence-electron chi connectivity index (χ2n) is 3.07. The van der Waals surface area contributed by atoms with Gasteiger partial charge >= 0.3 is 6.03 Å². The molecule has 0 bridgehead atoms. The van der Waals surface area contributed by atoms with Gasteiger partial charge in [-0.15, -0.1) is 0 Å². The number of nitrogens with zero attached hydrogens (tertiary/aromatic N) is 2. The van der Waals surface area contributed by atoms with Crippen LogP contribution in [0.2, 0.25) is 0 Å². The average molecular weight is 158 g/mol. The quantitative estimate of drug-likeness (QED) is 0.527. The van der Waals surface area contributed by atoms with E-state index in [1.54, 1.807) is 19.0 Å². The highest BCUT2D eigenvalue weighted by molar-refractivity contribution is 5.74. The summed E-state index contributed by atoms with van der Waals surface area (Å²) in [6, 6.07) is -0.0125. The van der Waals surface area contributed by atoms with E-state index in [1.165, 1.54) is 4.90 Å². The molecule has 0 spiro atoms. The van der Waals surface area contributed by atoms with E-state index in [-0.39, 0.29) is 12.1 Å². The van der Waals surface area contributed by atoms with Crippen LogP contribution in [0.4, 0.5) is 4.79 Å². The number of urea groups is 1. The number of carbonyl (C=O) groups excluding carboxylic acids is 1. The summed E-state index contributed by atoms with van der Waals surface area (Å²) in [5.41, 5.74) is 0. The molecule has 1 atom stereocenters. The van der Waals surface area contributed by atoms with Crippen molar-refractivity contribution in [2.24, 2.45) is 0 Å². The molecule has 1 heterocycles. The molecule has 1 fully saturated rings. The minimum atomic E-state index is -0.320. The SMILES string of the molecule is CN(C)C(=O)N1CC[C@H](O)C1. The van der Waals surface area contributed by atoms with E-state index in [0.29, 0.717) is 19.5 Å². The molecule has 0 unspecified atom stereocenters. The van der Waals surface area contributed by atoms with Crippen LogP contribution in [0.15, 0.2) is 0 Å². The minimum absolute atomic E-state index is 0.0125. The molecule has 64 valence electrons. The van der Waals surface area contributed by atoms with Crippen LogP contribution in [0.1, 0.15) is 6.42 Å². The fraction of sp³-hybridized carbons (Fsp3) is 0.857. The molecule has 0 aliphatic carbocycles. The van der Waals surface area contributed by atoms with Crippen molar-refractivity contribution in [3.05, 3.63) is 0 Å². The molecule has 4 heteroatoms. The van der Waals surface area contributed by atoms with Crippen LogP contribution in [0.25, 0.3) is 0 Å². The molecule has 0 aromatic rings. The lowest BCUT2D eigenvalue weighted by molar-refractivity contribution is 0.158. The predicted octanol–water partition coefficient (Wildman–Crippen LogP) is -0.265. The van der Waals surface area contributed by atoms with Gasteiger partial charge in [-0.1, -0.05) is 0 Å². The third kappa shape index (κ3) is 1.83. The molecular formula is C7H14N2O2. The van der Waals surface area contributed by atoms with Crippen LogP contribution < -0.4 is 0 Å². The van der Waals surface area contributed by atoms with E-state index >= 15 is 0 Å². The standard InChI is InChI=1S/C7H14N2O2/c1-8(2)7(11)9-4-3-6(10)5-9/h6,10H,3-5H2,1-2H3/t6-/m0/s1. The van der Waals surface area contributed by atoms with E-state index in [4.69, 9.17) is 5.11 Å². The Bertz CT molecular complexity index is 159. The molecule has 0 radical (unpaired) electrons. The zero-order valence-electron chi connectivity index (χ0n) is 6.95. The van der Waals surface area contributed by atoms with Gasteiger partial charge < -0.3 is 14.9 Å². The fourth-order valence-corrected chi connectivity index (χ4v) is 1.20. The number of hydrogen-bond acceptors (Lipinski definition) is 2. The Labute approximate surface area is 66.4 Å². The van der Waals surface area contributed by atoms with Crippen molar-refractivity contribution in [3.63, 3.8) is 0 Å². The lowest BCUT2D eigenvalue weighted by Gasteiger charge is -2.20. The first-order valence-electron chi connectivity index (χ1n) is 3.75. The van der Waals surface area contributed by atoms with Gasteiger partial charge in [0.1, 0.15) is 0 Å². The summed E-state index contributed by atoms with van der Waals surface area (Å²) >= 11 is 0. The Morgan fingerprint density at radius 2 is 2.27 bits per heavy atom. The molecule has 1 saturated heterocycles. The Hall–Kier alpha value is -0.770. The number of aliphatic hydroxyl groups is 1. The van der Waals surface area contributed by atoms with E-state index in [1.807, 2.05) is 0 Å². The number of amides is 2.